The molecule has 15 heavy (non-hydrogen) atoms. The van der Waals surface area contributed by atoms with Crippen LogP contribution in [0, 0.1) is 0 Å². The Morgan fingerprint density at radius 2 is 2.27 bits per heavy atom. The van der Waals surface area contributed by atoms with Crippen LogP contribution in [0.15, 0.2) is 0 Å². The summed E-state index contributed by atoms with van der Waals surface area (Å²) in [6.45, 7) is 4.82. The number of nitrogens with one attached hydrogen (secondary N) is 1. The Morgan fingerprint density at radius 3 is 2.80 bits per heavy atom. The first-order valence-electron chi connectivity index (χ1n) is 5.35. The fraction of sp³-hybridized carbons (Fsp3) is 0.800. The zero-order valence-electron chi connectivity index (χ0n) is 9.28. The first-order valence-corrected chi connectivity index (χ1v) is 5.35. The van der Waals surface area contributed by atoms with Gasteiger partial charge in [0.1, 0.15) is 6.54 Å². The highest BCUT2D eigenvalue weighted by Gasteiger charge is 2.24. The highest BCUT2D eigenvalue weighted by Crippen LogP contribution is 2.15. The van der Waals surface area contributed by atoms with E-state index in [0.717, 1.165) is 19.4 Å². The van der Waals surface area contributed by atoms with Crippen molar-refractivity contribution in [1.29, 1.82) is 0 Å². The normalized spacial score (nSPS) is 20.1. The molecule has 1 rings (SSSR count). The van der Waals surface area contributed by atoms with Gasteiger partial charge in [-0.2, -0.15) is 0 Å². The van der Waals surface area contributed by atoms with Gasteiger partial charge in [-0.1, -0.05) is 0 Å². The monoisotopic (exact) mass is 214 g/mol. The second kappa shape index (κ2) is 5.58. The SMILES string of the molecule is CCOC(=O)CNC(=O)N1CCCC1C. The van der Waals surface area contributed by atoms with Crippen LogP contribution in [0.3, 0.4) is 0 Å². The van der Waals surface area contributed by atoms with Crippen LogP contribution >= 0.6 is 0 Å². The molecular formula is C10H18N2O3. The minimum Gasteiger partial charge on any atom is -0.465 e. The highest BCUT2D eigenvalue weighted by atomic mass is 16.5. The largest absolute Gasteiger partial charge is 0.465 e. The van der Waals surface area contributed by atoms with Crippen molar-refractivity contribution in [3.63, 3.8) is 0 Å². The minimum atomic E-state index is -0.391. The maximum atomic E-state index is 11.6. The van der Waals surface area contributed by atoms with E-state index in [1.54, 1.807) is 11.8 Å². The Hall–Kier alpha value is -1.26. The summed E-state index contributed by atoms with van der Waals surface area (Å²) in [6, 6.07) is 0.0975. The van der Waals surface area contributed by atoms with Crippen LogP contribution in [0.5, 0.6) is 0 Å². The fourth-order valence-corrected chi connectivity index (χ4v) is 1.70. The zero-order chi connectivity index (χ0) is 11.3. The molecule has 1 aliphatic heterocycles. The molecule has 5 heteroatoms. The number of urea groups is 1. The molecular weight excluding hydrogens is 196 g/mol. The molecule has 1 fully saturated rings. The molecule has 0 aliphatic carbocycles. The maximum absolute atomic E-state index is 11.6. The van der Waals surface area contributed by atoms with Crippen molar-refractivity contribution in [3.05, 3.63) is 0 Å². The number of nitrogens with zero attached hydrogens (tertiary/aromatic N) is 1. The van der Waals surface area contributed by atoms with Gasteiger partial charge in [0.25, 0.3) is 0 Å². The molecule has 1 heterocycles. The lowest BCUT2D eigenvalue weighted by Gasteiger charge is -2.21. The summed E-state index contributed by atoms with van der Waals surface area (Å²) in [5, 5.41) is 2.55. The molecule has 2 amide bonds. The van der Waals surface area contributed by atoms with Crippen LogP contribution in [0.2, 0.25) is 0 Å². The van der Waals surface area contributed by atoms with E-state index in [2.05, 4.69) is 5.32 Å². The predicted molar refractivity (Wildman–Crippen MR) is 55.4 cm³/mol. The van der Waals surface area contributed by atoms with E-state index in [-0.39, 0.29) is 18.6 Å². The zero-order valence-corrected chi connectivity index (χ0v) is 9.28. The average Bonchev–Trinajstić information content (AvgIpc) is 2.61. The average molecular weight is 214 g/mol. The second-order valence-corrected chi connectivity index (χ2v) is 3.65. The molecule has 0 aromatic carbocycles. The number of carbonyl (C=O) groups is 2. The summed E-state index contributed by atoms with van der Waals surface area (Å²) in [7, 11) is 0. The van der Waals surface area contributed by atoms with Crippen molar-refractivity contribution in [2.45, 2.75) is 32.7 Å². The van der Waals surface area contributed by atoms with Gasteiger partial charge in [0.2, 0.25) is 0 Å². The summed E-state index contributed by atoms with van der Waals surface area (Å²) in [6.07, 6.45) is 2.07. The van der Waals surface area contributed by atoms with Gasteiger partial charge in [-0.25, -0.2) is 4.79 Å². The predicted octanol–water partition coefficient (Wildman–Crippen LogP) is 0.743. The summed E-state index contributed by atoms with van der Waals surface area (Å²) >= 11 is 0. The van der Waals surface area contributed by atoms with Gasteiger partial charge in [-0.05, 0) is 26.7 Å². The van der Waals surface area contributed by atoms with Gasteiger partial charge in [-0.15, -0.1) is 0 Å². The number of carbonyl (C=O) groups excluding carboxylic acids is 2. The van der Waals surface area contributed by atoms with Gasteiger partial charge < -0.3 is 15.0 Å². The standard InChI is InChI=1S/C10H18N2O3/c1-3-15-9(13)7-11-10(14)12-6-4-5-8(12)2/h8H,3-7H2,1-2H3,(H,11,14). The van der Waals surface area contributed by atoms with Crippen molar-refractivity contribution in [3.8, 4) is 0 Å². The van der Waals surface area contributed by atoms with Gasteiger partial charge in [0.15, 0.2) is 0 Å². The Bertz CT molecular complexity index is 243. The first-order chi connectivity index (χ1) is 7.15. The van der Waals surface area contributed by atoms with E-state index in [9.17, 15) is 9.59 Å². The third-order valence-corrected chi connectivity index (χ3v) is 2.50. The quantitative estimate of drug-likeness (QED) is 0.705. The number of hydrogen-bond donors (Lipinski definition) is 1. The van der Waals surface area contributed by atoms with E-state index >= 15 is 0 Å². The highest BCUT2D eigenvalue weighted by molar-refractivity contribution is 5.81. The smallest absolute Gasteiger partial charge is 0.325 e. The minimum absolute atomic E-state index is 0.0457. The molecule has 0 bridgehead atoms. The Labute approximate surface area is 89.8 Å². The molecule has 1 aliphatic rings. The number of esters is 1. The number of hydrogen-bond acceptors (Lipinski definition) is 3. The molecule has 1 saturated heterocycles. The van der Waals surface area contributed by atoms with Crippen LogP contribution in [0.25, 0.3) is 0 Å². The summed E-state index contributed by atoms with van der Waals surface area (Å²) in [5.74, 6) is -0.391. The third-order valence-electron chi connectivity index (χ3n) is 2.50. The maximum Gasteiger partial charge on any atom is 0.325 e. The number of rotatable bonds is 3. The van der Waals surface area contributed by atoms with E-state index in [1.807, 2.05) is 6.92 Å². The Balaban J connectivity index is 2.26. The fourth-order valence-electron chi connectivity index (χ4n) is 1.70. The molecule has 0 radical (unpaired) electrons. The lowest BCUT2D eigenvalue weighted by atomic mass is 10.2. The molecule has 0 spiro atoms. The van der Waals surface area contributed by atoms with Crippen LogP contribution in [-0.2, 0) is 9.53 Å². The first kappa shape index (κ1) is 11.8. The van der Waals surface area contributed by atoms with Crippen molar-refractivity contribution >= 4 is 12.0 Å². The van der Waals surface area contributed by atoms with Crippen molar-refractivity contribution in [1.82, 2.24) is 10.2 Å². The molecule has 0 saturated carbocycles. The Kier molecular flexibility index (Phi) is 4.39. The second-order valence-electron chi connectivity index (χ2n) is 3.65. The molecule has 1 N–H and O–H groups in total. The summed E-state index contributed by atoms with van der Waals surface area (Å²) < 4.78 is 4.71. The van der Waals surface area contributed by atoms with Gasteiger partial charge in [-0.3, -0.25) is 4.79 Å². The number of amides is 2. The van der Waals surface area contributed by atoms with Crippen molar-refractivity contribution in [2.24, 2.45) is 0 Å². The van der Waals surface area contributed by atoms with Crippen molar-refractivity contribution < 1.29 is 14.3 Å². The van der Waals surface area contributed by atoms with Crippen LogP contribution < -0.4 is 5.32 Å². The third kappa shape index (κ3) is 3.42. The lowest BCUT2D eigenvalue weighted by molar-refractivity contribution is -0.141. The molecule has 0 aromatic rings. The number of ether oxygens (including phenoxy) is 1. The van der Waals surface area contributed by atoms with E-state index in [4.69, 9.17) is 4.74 Å². The molecule has 86 valence electrons. The van der Waals surface area contributed by atoms with Gasteiger partial charge >= 0.3 is 12.0 Å². The number of likely N-dealkylation sites (tertiary alicyclic amines) is 1. The summed E-state index contributed by atoms with van der Waals surface area (Å²) in [5.41, 5.74) is 0. The van der Waals surface area contributed by atoms with Crippen molar-refractivity contribution in [2.75, 3.05) is 19.7 Å². The van der Waals surface area contributed by atoms with Crippen LogP contribution in [-0.4, -0.2) is 42.6 Å². The van der Waals surface area contributed by atoms with Gasteiger partial charge in [0.05, 0.1) is 6.61 Å². The van der Waals surface area contributed by atoms with E-state index in [0.29, 0.717) is 6.61 Å². The molecule has 5 nitrogen and oxygen atoms in total. The summed E-state index contributed by atoms with van der Waals surface area (Å²) in [4.78, 5) is 24.3. The topological polar surface area (TPSA) is 58.6 Å². The molecule has 1 unspecified atom stereocenters. The molecule has 0 aromatic heterocycles. The Morgan fingerprint density at radius 1 is 1.53 bits per heavy atom. The lowest BCUT2D eigenvalue weighted by Crippen LogP contribution is -2.43. The van der Waals surface area contributed by atoms with Crippen LogP contribution in [0.1, 0.15) is 26.7 Å². The molecule has 1 atom stereocenters. The van der Waals surface area contributed by atoms with E-state index < -0.39 is 5.97 Å². The van der Waals surface area contributed by atoms with Crippen LogP contribution in [0.4, 0.5) is 4.79 Å². The van der Waals surface area contributed by atoms with E-state index in [1.165, 1.54) is 0 Å². The van der Waals surface area contributed by atoms with Gasteiger partial charge in [0, 0.05) is 12.6 Å².